The summed E-state index contributed by atoms with van der Waals surface area (Å²) in [6.07, 6.45) is 3.06. The first-order valence-electron chi connectivity index (χ1n) is 9.27. The van der Waals surface area contributed by atoms with E-state index in [0.717, 1.165) is 23.6 Å². The fraction of sp³-hybridized carbons (Fsp3) is 0.250. The van der Waals surface area contributed by atoms with E-state index in [1.165, 1.54) is 6.33 Å². The number of anilines is 2. The molecule has 3 rings (SSSR count). The molecule has 0 aliphatic rings. The highest BCUT2D eigenvalue weighted by atomic mass is 16.6. The number of unbranched alkanes of at least 4 members (excludes halogenated alkanes) is 1. The van der Waals surface area contributed by atoms with Gasteiger partial charge >= 0.3 is 5.69 Å². The summed E-state index contributed by atoms with van der Waals surface area (Å²) in [7, 11) is 1.74. The Morgan fingerprint density at radius 2 is 1.93 bits per heavy atom. The Hall–Kier alpha value is -3.75. The van der Waals surface area contributed by atoms with Crippen molar-refractivity contribution in [3.63, 3.8) is 0 Å². The third-order valence-corrected chi connectivity index (χ3v) is 4.52. The van der Waals surface area contributed by atoms with E-state index in [9.17, 15) is 14.9 Å². The summed E-state index contributed by atoms with van der Waals surface area (Å²) in [6.45, 7) is 2.66. The van der Waals surface area contributed by atoms with Gasteiger partial charge in [0, 0.05) is 19.2 Å². The van der Waals surface area contributed by atoms with Crippen molar-refractivity contribution in [1.82, 2.24) is 15.4 Å². The summed E-state index contributed by atoms with van der Waals surface area (Å²) in [6, 6.07) is 12.9. The first-order valence-corrected chi connectivity index (χ1v) is 9.27. The molecule has 0 aliphatic carbocycles. The summed E-state index contributed by atoms with van der Waals surface area (Å²) in [5.74, 6) is -0.298. The number of aromatic nitrogens is 2. The minimum absolute atomic E-state index is 0.0723. The molecule has 150 valence electrons. The molecule has 0 bridgehead atoms. The zero-order valence-electron chi connectivity index (χ0n) is 16.3. The molecule has 2 aromatic carbocycles. The van der Waals surface area contributed by atoms with Crippen LogP contribution in [0.3, 0.4) is 0 Å². The van der Waals surface area contributed by atoms with Crippen LogP contribution in [0.4, 0.5) is 17.3 Å². The van der Waals surface area contributed by atoms with E-state index in [4.69, 9.17) is 0 Å². The van der Waals surface area contributed by atoms with Crippen molar-refractivity contribution in [2.24, 2.45) is 0 Å². The Labute approximate surface area is 167 Å². The van der Waals surface area contributed by atoms with Crippen molar-refractivity contribution in [1.29, 1.82) is 0 Å². The molecule has 0 atom stereocenters. The zero-order chi connectivity index (χ0) is 20.8. The number of hydrazine groups is 1. The summed E-state index contributed by atoms with van der Waals surface area (Å²) >= 11 is 0. The van der Waals surface area contributed by atoms with Crippen LogP contribution in [0.5, 0.6) is 0 Å². The Balaban J connectivity index is 1.84. The van der Waals surface area contributed by atoms with E-state index in [0.29, 0.717) is 12.1 Å². The van der Waals surface area contributed by atoms with Crippen molar-refractivity contribution < 1.29 is 9.72 Å². The first kappa shape index (κ1) is 20.0. The maximum atomic E-state index is 12.7. The Bertz CT molecular complexity index is 1030. The highest BCUT2D eigenvalue weighted by Gasteiger charge is 2.26. The number of hydrogen-bond donors (Lipinski definition) is 2. The van der Waals surface area contributed by atoms with Crippen LogP contribution < -0.4 is 15.8 Å². The van der Waals surface area contributed by atoms with E-state index in [-0.39, 0.29) is 17.3 Å². The van der Waals surface area contributed by atoms with Gasteiger partial charge in [0.2, 0.25) is 11.6 Å². The van der Waals surface area contributed by atoms with Gasteiger partial charge in [-0.1, -0.05) is 49.7 Å². The van der Waals surface area contributed by atoms with Crippen LogP contribution in [0, 0.1) is 10.1 Å². The molecule has 1 heterocycles. The van der Waals surface area contributed by atoms with Crippen molar-refractivity contribution in [2.75, 3.05) is 23.9 Å². The molecule has 9 heteroatoms. The Kier molecular flexibility index (Phi) is 6.18. The minimum Gasteiger partial charge on any atom is -0.354 e. The van der Waals surface area contributed by atoms with Crippen molar-refractivity contribution in [2.45, 2.75) is 19.8 Å². The van der Waals surface area contributed by atoms with Crippen LogP contribution in [-0.2, 0) is 0 Å². The molecule has 0 saturated heterocycles. The van der Waals surface area contributed by atoms with Gasteiger partial charge < -0.3 is 4.90 Å². The molecule has 3 aromatic rings. The second kappa shape index (κ2) is 8.96. The quantitative estimate of drug-likeness (QED) is 0.444. The predicted molar refractivity (Wildman–Crippen MR) is 112 cm³/mol. The fourth-order valence-corrected chi connectivity index (χ4v) is 3.02. The van der Waals surface area contributed by atoms with Crippen molar-refractivity contribution in [3.8, 4) is 0 Å². The normalized spacial score (nSPS) is 10.6. The number of nitro groups is 1. The molecular weight excluding hydrogens is 372 g/mol. The first-order chi connectivity index (χ1) is 14.0. The molecule has 0 aliphatic heterocycles. The van der Waals surface area contributed by atoms with E-state index in [1.54, 1.807) is 24.1 Å². The largest absolute Gasteiger partial charge is 0.355 e. The highest BCUT2D eigenvalue weighted by molar-refractivity contribution is 6.07. The lowest BCUT2D eigenvalue weighted by atomic mass is 10.0. The SMILES string of the molecule is CCCCN(C)c1ncnc(NNC(=O)c2cccc3ccccc23)c1[N+](=O)[O-]. The average molecular weight is 394 g/mol. The van der Waals surface area contributed by atoms with Crippen molar-refractivity contribution >= 4 is 34.0 Å². The average Bonchev–Trinajstić information content (AvgIpc) is 2.74. The van der Waals surface area contributed by atoms with Crippen LogP contribution in [-0.4, -0.2) is 34.4 Å². The summed E-state index contributed by atoms with van der Waals surface area (Å²) < 4.78 is 0. The van der Waals surface area contributed by atoms with Crippen LogP contribution in [0.25, 0.3) is 10.8 Å². The van der Waals surface area contributed by atoms with E-state index < -0.39 is 10.8 Å². The number of fused-ring (bicyclic) bond motifs is 1. The molecule has 29 heavy (non-hydrogen) atoms. The molecular formula is C20H22N6O3. The molecule has 0 spiro atoms. The summed E-state index contributed by atoms with van der Waals surface area (Å²) in [5, 5.41) is 13.4. The van der Waals surface area contributed by atoms with E-state index in [1.807, 2.05) is 37.3 Å². The van der Waals surface area contributed by atoms with E-state index in [2.05, 4.69) is 20.8 Å². The van der Waals surface area contributed by atoms with Crippen LogP contribution in [0.1, 0.15) is 30.1 Å². The number of hydrogen-bond acceptors (Lipinski definition) is 7. The molecule has 1 amide bonds. The lowest BCUT2D eigenvalue weighted by molar-refractivity contribution is -0.383. The van der Waals surface area contributed by atoms with Crippen LogP contribution in [0.15, 0.2) is 48.8 Å². The standard InChI is InChI=1S/C20H22N6O3/c1-3-4-12-25(2)19-17(26(28)29)18(21-13-22-19)23-24-20(27)16-11-7-9-14-8-5-6-10-15(14)16/h5-11,13H,3-4,12H2,1-2H3,(H,24,27)(H,21,22,23). The van der Waals surface area contributed by atoms with Gasteiger partial charge in [-0.15, -0.1) is 0 Å². The van der Waals surface area contributed by atoms with Gasteiger partial charge in [-0.2, -0.15) is 0 Å². The highest BCUT2D eigenvalue weighted by Crippen LogP contribution is 2.31. The number of carbonyl (C=O) groups excluding carboxylic acids is 1. The Morgan fingerprint density at radius 1 is 1.17 bits per heavy atom. The Morgan fingerprint density at radius 3 is 2.69 bits per heavy atom. The fourth-order valence-electron chi connectivity index (χ4n) is 3.02. The lowest BCUT2D eigenvalue weighted by Crippen LogP contribution is -2.31. The summed E-state index contributed by atoms with van der Waals surface area (Å²) in [4.78, 5) is 33.5. The third kappa shape index (κ3) is 4.40. The topological polar surface area (TPSA) is 113 Å². The number of rotatable bonds is 8. The second-order valence-electron chi connectivity index (χ2n) is 6.53. The van der Waals surface area contributed by atoms with E-state index >= 15 is 0 Å². The van der Waals surface area contributed by atoms with Crippen LogP contribution in [0.2, 0.25) is 0 Å². The molecule has 0 saturated carbocycles. The van der Waals surface area contributed by atoms with Gasteiger partial charge in [0.15, 0.2) is 0 Å². The van der Waals surface area contributed by atoms with Gasteiger partial charge in [0.1, 0.15) is 6.33 Å². The summed E-state index contributed by atoms with van der Waals surface area (Å²) in [5.41, 5.74) is 5.26. The smallest absolute Gasteiger partial charge is 0.354 e. The van der Waals surface area contributed by atoms with Gasteiger partial charge in [-0.05, 0) is 23.3 Å². The molecule has 1 aromatic heterocycles. The van der Waals surface area contributed by atoms with Gasteiger partial charge in [-0.25, -0.2) is 9.97 Å². The maximum Gasteiger partial charge on any atom is 0.355 e. The minimum atomic E-state index is -0.551. The molecule has 9 nitrogen and oxygen atoms in total. The van der Waals surface area contributed by atoms with Gasteiger partial charge in [-0.3, -0.25) is 25.8 Å². The van der Waals surface area contributed by atoms with Gasteiger partial charge in [0.05, 0.1) is 4.92 Å². The molecule has 0 unspecified atom stereocenters. The molecule has 2 N–H and O–H groups in total. The predicted octanol–water partition coefficient (Wildman–Crippen LogP) is 3.53. The number of carbonyl (C=O) groups is 1. The van der Waals surface area contributed by atoms with Crippen LogP contribution >= 0.6 is 0 Å². The number of nitrogens with zero attached hydrogens (tertiary/aromatic N) is 4. The molecule has 0 radical (unpaired) electrons. The number of benzene rings is 2. The number of nitrogens with one attached hydrogen (secondary N) is 2. The second-order valence-corrected chi connectivity index (χ2v) is 6.53. The lowest BCUT2D eigenvalue weighted by Gasteiger charge is -2.18. The monoisotopic (exact) mass is 394 g/mol. The van der Waals surface area contributed by atoms with Crippen molar-refractivity contribution in [3.05, 3.63) is 64.5 Å². The third-order valence-electron chi connectivity index (χ3n) is 4.52. The zero-order valence-corrected chi connectivity index (χ0v) is 16.3. The maximum absolute atomic E-state index is 12.7. The number of amides is 1. The van der Waals surface area contributed by atoms with Gasteiger partial charge in [0.25, 0.3) is 5.91 Å². The molecule has 0 fully saturated rings.